The number of carbonyl (C=O) groups excluding carboxylic acids is 4. The van der Waals surface area contributed by atoms with Gasteiger partial charge in [-0.1, -0.05) is 0 Å². The van der Waals surface area contributed by atoms with E-state index in [1.54, 1.807) is 48.5 Å². The summed E-state index contributed by atoms with van der Waals surface area (Å²) < 4.78 is 20.4. The van der Waals surface area contributed by atoms with Crippen molar-refractivity contribution in [3.05, 3.63) is 59.7 Å². The Kier molecular flexibility index (Phi) is 11.5. The first kappa shape index (κ1) is 28.5. The fourth-order valence-electron chi connectivity index (χ4n) is 2.90. The SMILES string of the molecule is CN(C)c1ccc(C(=O)C(=O)OCCOCCOCCOC(=O)C(=O)c2ccc(N(C)C)cc2)cc1. The van der Waals surface area contributed by atoms with Gasteiger partial charge in [-0.15, -0.1) is 0 Å². The van der Waals surface area contributed by atoms with E-state index in [9.17, 15) is 19.2 Å². The Hall–Kier alpha value is -3.76. The van der Waals surface area contributed by atoms with Crippen molar-refractivity contribution in [3.63, 3.8) is 0 Å². The Labute approximate surface area is 210 Å². The first-order chi connectivity index (χ1) is 17.2. The van der Waals surface area contributed by atoms with Gasteiger partial charge in [-0.3, -0.25) is 9.59 Å². The standard InChI is InChI=1S/C26H32N2O8/c1-27(2)21-9-5-19(6-10-21)23(29)25(31)35-17-15-33-13-14-34-16-18-36-26(32)24(30)20-7-11-22(12-8-20)28(3)4/h5-12H,13-18H2,1-4H3. The smallest absolute Gasteiger partial charge is 0.379 e. The second-order valence-corrected chi connectivity index (χ2v) is 8.04. The van der Waals surface area contributed by atoms with Crippen molar-refractivity contribution in [2.45, 2.75) is 0 Å². The molecule has 2 rings (SSSR count). The summed E-state index contributed by atoms with van der Waals surface area (Å²) in [7, 11) is 7.50. The Morgan fingerprint density at radius 2 is 0.833 bits per heavy atom. The molecule has 0 saturated carbocycles. The number of esters is 2. The lowest BCUT2D eigenvalue weighted by molar-refractivity contribution is -0.141. The number of rotatable bonds is 15. The van der Waals surface area contributed by atoms with Crippen LogP contribution in [0.1, 0.15) is 20.7 Å². The van der Waals surface area contributed by atoms with Crippen molar-refractivity contribution in [1.29, 1.82) is 0 Å². The van der Waals surface area contributed by atoms with Gasteiger partial charge < -0.3 is 28.7 Å². The van der Waals surface area contributed by atoms with Crippen molar-refractivity contribution in [2.24, 2.45) is 0 Å². The van der Waals surface area contributed by atoms with Gasteiger partial charge in [0.25, 0.3) is 11.6 Å². The average molecular weight is 501 g/mol. The molecule has 0 heterocycles. The van der Waals surface area contributed by atoms with Crippen LogP contribution in [0.5, 0.6) is 0 Å². The number of Topliss-reactive ketones (excluding diaryl/α,β-unsaturated/α-hetero) is 2. The van der Waals surface area contributed by atoms with Gasteiger partial charge in [0, 0.05) is 50.7 Å². The van der Waals surface area contributed by atoms with Crippen molar-refractivity contribution >= 4 is 34.9 Å². The van der Waals surface area contributed by atoms with E-state index >= 15 is 0 Å². The molecule has 194 valence electrons. The highest BCUT2D eigenvalue weighted by molar-refractivity contribution is 6.41. The molecule has 0 amide bonds. The number of anilines is 2. The number of benzene rings is 2. The minimum absolute atomic E-state index is 0.0738. The Morgan fingerprint density at radius 3 is 1.14 bits per heavy atom. The number of hydrogen-bond acceptors (Lipinski definition) is 10. The van der Waals surface area contributed by atoms with Gasteiger partial charge in [-0.2, -0.15) is 0 Å². The van der Waals surface area contributed by atoms with E-state index in [4.69, 9.17) is 18.9 Å². The fraction of sp³-hybridized carbons (Fsp3) is 0.385. The lowest BCUT2D eigenvalue weighted by Gasteiger charge is -2.12. The average Bonchev–Trinajstić information content (AvgIpc) is 2.88. The lowest BCUT2D eigenvalue weighted by Crippen LogP contribution is -2.21. The maximum Gasteiger partial charge on any atom is 0.379 e. The van der Waals surface area contributed by atoms with Gasteiger partial charge in [0.2, 0.25) is 0 Å². The quantitative estimate of drug-likeness (QED) is 0.156. The van der Waals surface area contributed by atoms with Crippen LogP contribution in [0.4, 0.5) is 11.4 Å². The van der Waals surface area contributed by atoms with E-state index in [0.717, 1.165) is 11.4 Å². The summed E-state index contributed by atoms with van der Waals surface area (Å²) in [6.45, 7) is 0.465. The third kappa shape index (κ3) is 9.12. The summed E-state index contributed by atoms with van der Waals surface area (Å²) in [4.78, 5) is 51.7. The van der Waals surface area contributed by atoms with Crippen molar-refractivity contribution in [2.75, 3.05) is 77.6 Å². The third-order valence-electron chi connectivity index (χ3n) is 4.96. The molecule has 10 nitrogen and oxygen atoms in total. The van der Waals surface area contributed by atoms with E-state index in [-0.39, 0.29) is 50.8 Å². The van der Waals surface area contributed by atoms with Crippen LogP contribution >= 0.6 is 0 Å². The van der Waals surface area contributed by atoms with E-state index in [1.165, 1.54) is 0 Å². The maximum atomic E-state index is 12.1. The van der Waals surface area contributed by atoms with E-state index in [0.29, 0.717) is 0 Å². The van der Waals surface area contributed by atoms with E-state index in [2.05, 4.69) is 0 Å². The molecule has 0 saturated heterocycles. The number of nitrogens with zero attached hydrogens (tertiary/aromatic N) is 2. The van der Waals surface area contributed by atoms with Crippen LogP contribution in [0, 0.1) is 0 Å². The van der Waals surface area contributed by atoms with Crippen LogP contribution < -0.4 is 9.80 Å². The molecule has 0 unspecified atom stereocenters. The molecule has 0 aliphatic heterocycles. The van der Waals surface area contributed by atoms with Crippen LogP contribution in [0.25, 0.3) is 0 Å². The van der Waals surface area contributed by atoms with Crippen LogP contribution in [0.15, 0.2) is 48.5 Å². The summed E-state index contributed by atoms with van der Waals surface area (Å²) in [5.41, 5.74) is 2.33. The van der Waals surface area contributed by atoms with Crippen molar-refractivity contribution in [3.8, 4) is 0 Å². The molecular formula is C26H32N2O8. The molecule has 0 bridgehead atoms. The van der Waals surface area contributed by atoms with Crippen molar-refractivity contribution in [1.82, 2.24) is 0 Å². The van der Waals surface area contributed by atoms with Crippen LogP contribution in [0.3, 0.4) is 0 Å². The molecule has 2 aromatic rings. The minimum atomic E-state index is -0.947. The number of ether oxygens (including phenoxy) is 4. The highest BCUT2D eigenvalue weighted by atomic mass is 16.6. The summed E-state index contributed by atoms with van der Waals surface area (Å²) >= 11 is 0. The van der Waals surface area contributed by atoms with Gasteiger partial charge in [0.15, 0.2) is 0 Å². The zero-order valence-corrected chi connectivity index (χ0v) is 21.0. The Morgan fingerprint density at radius 1 is 0.528 bits per heavy atom. The predicted octanol–water partition coefficient (Wildman–Crippen LogP) is 2.00. The van der Waals surface area contributed by atoms with Crippen LogP contribution in [0.2, 0.25) is 0 Å². The Bertz CT molecular complexity index is 934. The number of hydrogen-bond donors (Lipinski definition) is 0. The molecule has 0 aliphatic rings. The first-order valence-corrected chi connectivity index (χ1v) is 11.3. The molecule has 2 aromatic carbocycles. The summed E-state index contributed by atoms with van der Waals surface area (Å²) in [6, 6.07) is 13.3. The second kappa shape index (κ2) is 14.6. The summed E-state index contributed by atoms with van der Waals surface area (Å²) in [6.07, 6.45) is 0. The number of ketones is 2. The minimum Gasteiger partial charge on any atom is -0.457 e. The molecule has 0 aromatic heterocycles. The second-order valence-electron chi connectivity index (χ2n) is 8.04. The zero-order valence-electron chi connectivity index (χ0n) is 21.0. The summed E-state index contributed by atoms with van der Waals surface area (Å²) in [5.74, 6) is -3.33. The highest BCUT2D eigenvalue weighted by Gasteiger charge is 2.19. The molecule has 0 N–H and O–H groups in total. The molecule has 0 radical (unpaired) electrons. The first-order valence-electron chi connectivity index (χ1n) is 11.3. The molecule has 0 aliphatic carbocycles. The molecule has 0 fully saturated rings. The van der Waals surface area contributed by atoms with Gasteiger partial charge >= 0.3 is 11.9 Å². The number of carbonyl (C=O) groups is 4. The molecule has 0 atom stereocenters. The third-order valence-corrected chi connectivity index (χ3v) is 4.96. The largest absolute Gasteiger partial charge is 0.457 e. The maximum absolute atomic E-state index is 12.1. The molecule has 36 heavy (non-hydrogen) atoms. The molecular weight excluding hydrogens is 468 g/mol. The van der Waals surface area contributed by atoms with Gasteiger partial charge in [0.1, 0.15) is 13.2 Å². The monoisotopic (exact) mass is 500 g/mol. The summed E-state index contributed by atoms with van der Waals surface area (Å²) in [5, 5.41) is 0. The van der Waals surface area contributed by atoms with E-state index in [1.807, 2.05) is 38.0 Å². The molecule has 0 spiro atoms. The van der Waals surface area contributed by atoms with Crippen LogP contribution in [-0.4, -0.2) is 91.3 Å². The lowest BCUT2D eigenvalue weighted by atomic mass is 10.1. The topological polar surface area (TPSA) is 112 Å². The van der Waals surface area contributed by atoms with Crippen LogP contribution in [-0.2, 0) is 28.5 Å². The van der Waals surface area contributed by atoms with Gasteiger partial charge in [-0.25, -0.2) is 9.59 Å². The van der Waals surface area contributed by atoms with Gasteiger partial charge in [-0.05, 0) is 48.5 Å². The van der Waals surface area contributed by atoms with Crippen molar-refractivity contribution < 1.29 is 38.1 Å². The fourth-order valence-corrected chi connectivity index (χ4v) is 2.90. The normalized spacial score (nSPS) is 10.4. The molecule has 10 heteroatoms. The Balaban J connectivity index is 1.52. The zero-order chi connectivity index (χ0) is 26.5. The predicted molar refractivity (Wildman–Crippen MR) is 134 cm³/mol. The highest BCUT2D eigenvalue weighted by Crippen LogP contribution is 2.14. The van der Waals surface area contributed by atoms with E-state index < -0.39 is 23.5 Å². The van der Waals surface area contributed by atoms with Gasteiger partial charge in [0.05, 0.1) is 26.4 Å².